The lowest BCUT2D eigenvalue weighted by Gasteiger charge is -2.09. The first-order valence-electron chi connectivity index (χ1n) is 7.88. The third-order valence-electron chi connectivity index (χ3n) is 3.43. The molecule has 0 fully saturated rings. The highest BCUT2D eigenvalue weighted by Gasteiger charge is 2.08. The molecular weight excluding hydrogens is 374 g/mol. The van der Waals surface area contributed by atoms with Gasteiger partial charge in [0, 0.05) is 10.9 Å². The van der Waals surface area contributed by atoms with Crippen LogP contribution in [-0.2, 0) is 11.2 Å². The van der Waals surface area contributed by atoms with E-state index in [1.54, 1.807) is 11.4 Å². The van der Waals surface area contributed by atoms with E-state index in [1.165, 1.54) is 11.3 Å². The van der Waals surface area contributed by atoms with E-state index >= 15 is 0 Å². The molecule has 0 bridgehead atoms. The zero-order chi connectivity index (χ0) is 18.4. The normalized spacial score (nSPS) is 10.5. The molecule has 0 spiro atoms. The van der Waals surface area contributed by atoms with Crippen molar-refractivity contribution in [3.8, 4) is 22.1 Å². The van der Waals surface area contributed by atoms with Crippen molar-refractivity contribution in [1.82, 2.24) is 4.98 Å². The van der Waals surface area contributed by atoms with Crippen LogP contribution in [0.1, 0.15) is 5.69 Å². The average molecular weight is 390 g/mol. The summed E-state index contributed by atoms with van der Waals surface area (Å²) in [4.78, 5) is 15.1. The molecule has 0 radical (unpaired) electrons. The third-order valence-corrected chi connectivity index (χ3v) is 4.68. The molecule has 5 nitrogen and oxygen atoms in total. The van der Waals surface area contributed by atoms with E-state index in [1.807, 2.05) is 42.5 Å². The van der Waals surface area contributed by atoms with Crippen LogP contribution in [-0.4, -0.2) is 29.3 Å². The molecule has 0 aliphatic heterocycles. The molecule has 0 aliphatic carbocycles. The standard InChI is InChI=1S/C19H16ClNO4S/c20-16-3-1-2-4-17(16)25-10-9-24-15-7-5-13(6-8-15)19-21-14(12-26-19)11-18(22)23/h1-8,12H,9-11H2,(H,22,23). The van der Waals surface area contributed by atoms with E-state index in [9.17, 15) is 4.79 Å². The van der Waals surface area contributed by atoms with E-state index < -0.39 is 5.97 Å². The summed E-state index contributed by atoms with van der Waals surface area (Å²) in [6.45, 7) is 0.779. The number of ether oxygens (including phenoxy) is 2. The van der Waals surface area contributed by atoms with Gasteiger partial charge in [-0.25, -0.2) is 4.98 Å². The first-order chi connectivity index (χ1) is 12.6. The van der Waals surface area contributed by atoms with E-state index in [2.05, 4.69) is 4.98 Å². The van der Waals surface area contributed by atoms with E-state index in [-0.39, 0.29) is 6.42 Å². The molecule has 0 saturated carbocycles. The Labute approximate surface area is 159 Å². The number of aliphatic carboxylic acids is 1. The predicted molar refractivity (Wildman–Crippen MR) is 101 cm³/mol. The van der Waals surface area contributed by atoms with E-state index in [0.717, 1.165) is 16.3 Å². The lowest BCUT2D eigenvalue weighted by molar-refractivity contribution is -0.136. The van der Waals surface area contributed by atoms with E-state index in [0.29, 0.717) is 29.7 Å². The summed E-state index contributed by atoms with van der Waals surface area (Å²) in [5.41, 5.74) is 1.49. The largest absolute Gasteiger partial charge is 0.490 e. The summed E-state index contributed by atoms with van der Waals surface area (Å²) >= 11 is 7.45. The van der Waals surface area contributed by atoms with Crippen LogP contribution in [0.15, 0.2) is 53.9 Å². The van der Waals surface area contributed by atoms with Gasteiger partial charge in [0.1, 0.15) is 29.7 Å². The van der Waals surface area contributed by atoms with Crippen molar-refractivity contribution in [2.45, 2.75) is 6.42 Å². The highest BCUT2D eigenvalue weighted by atomic mass is 35.5. The number of halogens is 1. The highest BCUT2D eigenvalue weighted by molar-refractivity contribution is 7.13. The van der Waals surface area contributed by atoms with Crippen molar-refractivity contribution >= 4 is 28.9 Å². The van der Waals surface area contributed by atoms with Crippen molar-refractivity contribution in [2.24, 2.45) is 0 Å². The van der Waals surface area contributed by atoms with E-state index in [4.69, 9.17) is 26.2 Å². The minimum absolute atomic E-state index is 0.0663. The Morgan fingerprint density at radius 1 is 1.08 bits per heavy atom. The fourth-order valence-corrected chi connectivity index (χ4v) is 3.26. The molecule has 0 atom stereocenters. The van der Waals surface area contributed by atoms with Gasteiger partial charge in [0.15, 0.2) is 0 Å². The minimum atomic E-state index is -0.885. The molecule has 0 saturated heterocycles. The zero-order valence-electron chi connectivity index (χ0n) is 13.7. The van der Waals surface area contributed by atoms with Gasteiger partial charge in [0.05, 0.1) is 17.1 Å². The van der Waals surface area contributed by atoms with Crippen LogP contribution < -0.4 is 9.47 Å². The van der Waals surface area contributed by atoms with Gasteiger partial charge in [0.2, 0.25) is 0 Å². The summed E-state index contributed by atoms with van der Waals surface area (Å²) in [6.07, 6.45) is -0.0663. The molecule has 3 aromatic rings. The van der Waals surface area contributed by atoms with Gasteiger partial charge < -0.3 is 14.6 Å². The van der Waals surface area contributed by atoms with Gasteiger partial charge in [-0.2, -0.15) is 0 Å². The number of aromatic nitrogens is 1. The number of rotatable bonds is 8. The lowest BCUT2D eigenvalue weighted by Crippen LogP contribution is -2.09. The Kier molecular flexibility index (Phi) is 6.09. The molecule has 3 rings (SSSR count). The zero-order valence-corrected chi connectivity index (χ0v) is 15.3. The van der Waals surface area contributed by atoms with Crippen LogP contribution in [0.3, 0.4) is 0 Å². The molecule has 26 heavy (non-hydrogen) atoms. The Hall–Kier alpha value is -2.57. The molecule has 1 aromatic heterocycles. The maximum Gasteiger partial charge on any atom is 0.309 e. The molecule has 1 heterocycles. The number of thiazole rings is 1. The Morgan fingerprint density at radius 2 is 1.81 bits per heavy atom. The Morgan fingerprint density at radius 3 is 2.54 bits per heavy atom. The number of benzene rings is 2. The SMILES string of the molecule is O=C(O)Cc1csc(-c2ccc(OCCOc3ccccc3Cl)cc2)n1. The molecule has 0 unspecified atom stereocenters. The van der Waals surface area contributed by atoms with Crippen molar-refractivity contribution in [3.63, 3.8) is 0 Å². The lowest BCUT2D eigenvalue weighted by atomic mass is 10.2. The van der Waals surface area contributed by atoms with Crippen LogP contribution in [0.5, 0.6) is 11.5 Å². The predicted octanol–water partition coefficient (Wildman–Crippen LogP) is 4.55. The van der Waals surface area contributed by atoms with Crippen LogP contribution in [0.4, 0.5) is 0 Å². The number of hydrogen-bond donors (Lipinski definition) is 1. The van der Waals surface area contributed by atoms with Gasteiger partial charge in [-0.15, -0.1) is 11.3 Å². The molecule has 0 aliphatic rings. The Balaban J connectivity index is 1.51. The number of carboxylic acids is 1. The maximum atomic E-state index is 10.7. The molecule has 7 heteroatoms. The van der Waals surface area contributed by atoms with Gasteiger partial charge in [-0.1, -0.05) is 23.7 Å². The van der Waals surface area contributed by atoms with Crippen LogP contribution >= 0.6 is 22.9 Å². The first kappa shape index (κ1) is 18.2. The highest BCUT2D eigenvalue weighted by Crippen LogP contribution is 2.26. The Bertz CT molecular complexity index is 879. The molecular formula is C19H16ClNO4S. The molecule has 134 valence electrons. The smallest absolute Gasteiger partial charge is 0.309 e. The van der Waals surface area contributed by atoms with Crippen LogP contribution in [0.2, 0.25) is 5.02 Å². The van der Waals surface area contributed by atoms with Gasteiger partial charge in [-0.3, -0.25) is 4.79 Å². The van der Waals surface area contributed by atoms with Crippen LogP contribution in [0, 0.1) is 0 Å². The second kappa shape index (κ2) is 8.69. The fourth-order valence-electron chi connectivity index (χ4n) is 2.24. The summed E-state index contributed by atoms with van der Waals surface area (Å²) < 4.78 is 11.2. The van der Waals surface area contributed by atoms with Gasteiger partial charge >= 0.3 is 5.97 Å². The maximum absolute atomic E-state index is 10.7. The summed E-state index contributed by atoms with van der Waals surface area (Å²) in [6, 6.07) is 14.8. The fraction of sp³-hybridized carbons (Fsp3) is 0.158. The molecule has 1 N–H and O–H groups in total. The number of carboxylic acid groups (broad SMARTS) is 1. The number of carbonyl (C=O) groups is 1. The second-order valence-corrected chi connectivity index (χ2v) is 6.63. The van der Waals surface area contributed by atoms with Crippen molar-refractivity contribution < 1.29 is 19.4 Å². The monoisotopic (exact) mass is 389 g/mol. The van der Waals surface area contributed by atoms with Crippen molar-refractivity contribution in [3.05, 3.63) is 64.6 Å². The third kappa shape index (κ3) is 4.97. The van der Waals surface area contributed by atoms with Crippen LogP contribution in [0.25, 0.3) is 10.6 Å². The number of nitrogens with zero attached hydrogens (tertiary/aromatic N) is 1. The average Bonchev–Trinajstić information content (AvgIpc) is 3.08. The number of para-hydroxylation sites is 1. The van der Waals surface area contributed by atoms with Gasteiger partial charge in [-0.05, 0) is 36.4 Å². The quantitative estimate of drug-likeness (QED) is 0.572. The van der Waals surface area contributed by atoms with Crippen molar-refractivity contribution in [1.29, 1.82) is 0 Å². The topological polar surface area (TPSA) is 68.7 Å². The second-order valence-electron chi connectivity index (χ2n) is 5.37. The summed E-state index contributed by atoms with van der Waals surface area (Å²) in [5, 5.41) is 11.9. The molecule has 2 aromatic carbocycles. The minimum Gasteiger partial charge on any atom is -0.490 e. The first-order valence-corrected chi connectivity index (χ1v) is 9.14. The molecule has 0 amide bonds. The summed E-state index contributed by atoms with van der Waals surface area (Å²) in [7, 11) is 0. The van der Waals surface area contributed by atoms with Gasteiger partial charge in [0.25, 0.3) is 0 Å². The summed E-state index contributed by atoms with van der Waals surface area (Å²) in [5.74, 6) is 0.470. The number of hydrogen-bond acceptors (Lipinski definition) is 5. The van der Waals surface area contributed by atoms with Crippen molar-refractivity contribution in [2.75, 3.05) is 13.2 Å².